The Morgan fingerprint density at radius 2 is 0.781 bits per heavy atom. The maximum atomic E-state index is 12.4. The van der Waals surface area contributed by atoms with Crippen molar-refractivity contribution in [3.63, 3.8) is 0 Å². The number of allylic oxidation sites excluding steroid dienone is 5. The number of carbonyl (C=O) groups excluding carboxylic acids is 2. The van der Waals surface area contributed by atoms with Gasteiger partial charge in [0.1, 0.15) is 0 Å². The molecular weight excluding hydrogens is 791 g/mol. The number of aliphatic hydroxyl groups is 2. The molecule has 0 rings (SSSR count). The van der Waals surface area contributed by atoms with E-state index in [2.05, 4.69) is 43.5 Å². The number of aliphatic hydroxyl groups excluding tert-OH is 2. The number of esters is 1. The van der Waals surface area contributed by atoms with Crippen LogP contribution in [0.15, 0.2) is 36.5 Å². The summed E-state index contributed by atoms with van der Waals surface area (Å²) in [6.45, 7) is 4.86. The molecule has 6 nitrogen and oxygen atoms in total. The summed E-state index contributed by atoms with van der Waals surface area (Å²) in [5.74, 6) is -0.0746. The van der Waals surface area contributed by atoms with Gasteiger partial charge in [0.05, 0.1) is 25.4 Å². The number of carbonyl (C=O) groups is 2. The highest BCUT2D eigenvalue weighted by Crippen LogP contribution is 2.16. The summed E-state index contributed by atoms with van der Waals surface area (Å²) in [5, 5.41) is 23.0. The second-order valence-electron chi connectivity index (χ2n) is 19.3. The molecule has 0 aromatic carbocycles. The van der Waals surface area contributed by atoms with Crippen molar-refractivity contribution in [2.45, 2.75) is 309 Å². The van der Waals surface area contributed by atoms with Crippen LogP contribution in [-0.4, -0.2) is 47.4 Å². The Labute approximate surface area is 398 Å². The van der Waals surface area contributed by atoms with Gasteiger partial charge in [-0.05, 0) is 64.2 Å². The van der Waals surface area contributed by atoms with Crippen molar-refractivity contribution >= 4 is 11.9 Å². The number of ether oxygens (including phenoxy) is 1. The van der Waals surface area contributed by atoms with E-state index in [1.165, 1.54) is 218 Å². The van der Waals surface area contributed by atoms with E-state index < -0.39 is 12.1 Å². The summed E-state index contributed by atoms with van der Waals surface area (Å²) in [6.07, 6.45) is 65.9. The van der Waals surface area contributed by atoms with Gasteiger partial charge in [0, 0.05) is 12.8 Å². The van der Waals surface area contributed by atoms with Crippen LogP contribution in [0.2, 0.25) is 0 Å². The number of hydrogen-bond donors (Lipinski definition) is 3. The van der Waals surface area contributed by atoms with Crippen molar-refractivity contribution in [3.05, 3.63) is 36.5 Å². The van der Waals surface area contributed by atoms with Crippen LogP contribution >= 0.6 is 0 Å². The van der Waals surface area contributed by atoms with Crippen LogP contribution in [0.5, 0.6) is 0 Å². The number of unbranched alkanes of at least 4 members (excludes halogenated alkanes) is 37. The molecular formula is C58H109NO5. The lowest BCUT2D eigenvalue weighted by Gasteiger charge is -2.20. The predicted octanol–water partition coefficient (Wildman–Crippen LogP) is 17.2. The van der Waals surface area contributed by atoms with E-state index in [0.29, 0.717) is 19.4 Å². The summed E-state index contributed by atoms with van der Waals surface area (Å²) >= 11 is 0. The van der Waals surface area contributed by atoms with Crippen LogP contribution in [-0.2, 0) is 14.3 Å². The highest BCUT2D eigenvalue weighted by atomic mass is 16.5. The van der Waals surface area contributed by atoms with E-state index in [0.717, 1.165) is 51.4 Å². The fourth-order valence-corrected chi connectivity index (χ4v) is 8.55. The van der Waals surface area contributed by atoms with Gasteiger partial charge in [-0.1, -0.05) is 256 Å². The third-order valence-electron chi connectivity index (χ3n) is 12.9. The lowest BCUT2D eigenvalue weighted by atomic mass is 10.0. The third kappa shape index (κ3) is 49.5. The molecule has 0 heterocycles. The maximum absolute atomic E-state index is 12.4. The molecule has 0 aliphatic rings. The second-order valence-corrected chi connectivity index (χ2v) is 19.3. The lowest BCUT2D eigenvalue weighted by molar-refractivity contribution is -0.143. The molecule has 0 aromatic heterocycles. The van der Waals surface area contributed by atoms with Crippen LogP contribution in [0.3, 0.4) is 0 Å². The minimum absolute atomic E-state index is 0.00164. The number of rotatable bonds is 52. The summed E-state index contributed by atoms with van der Waals surface area (Å²) in [5.41, 5.74) is 0. The smallest absolute Gasteiger partial charge is 0.305 e. The number of amides is 1. The van der Waals surface area contributed by atoms with Gasteiger partial charge in [0.25, 0.3) is 0 Å². The predicted molar refractivity (Wildman–Crippen MR) is 278 cm³/mol. The highest BCUT2D eigenvalue weighted by molar-refractivity contribution is 5.76. The van der Waals surface area contributed by atoms with Crippen LogP contribution in [0.4, 0.5) is 0 Å². The summed E-state index contributed by atoms with van der Waals surface area (Å²) in [7, 11) is 0. The Hall–Kier alpha value is -1.92. The van der Waals surface area contributed by atoms with Crippen LogP contribution in [0.25, 0.3) is 0 Å². The van der Waals surface area contributed by atoms with Crippen LogP contribution in [0.1, 0.15) is 296 Å². The summed E-state index contributed by atoms with van der Waals surface area (Å²) < 4.78 is 5.48. The van der Waals surface area contributed by atoms with E-state index >= 15 is 0 Å². The molecule has 0 fully saturated rings. The minimum Gasteiger partial charge on any atom is -0.466 e. The minimum atomic E-state index is -0.846. The van der Waals surface area contributed by atoms with Crippen molar-refractivity contribution in [2.24, 2.45) is 0 Å². The molecule has 376 valence electrons. The van der Waals surface area contributed by atoms with E-state index in [9.17, 15) is 19.8 Å². The van der Waals surface area contributed by atoms with Gasteiger partial charge < -0.3 is 20.3 Å². The van der Waals surface area contributed by atoms with Gasteiger partial charge in [0.15, 0.2) is 0 Å². The first-order valence-corrected chi connectivity index (χ1v) is 28.3. The molecule has 2 unspecified atom stereocenters. The highest BCUT2D eigenvalue weighted by Gasteiger charge is 2.18. The average Bonchev–Trinajstić information content (AvgIpc) is 3.29. The largest absolute Gasteiger partial charge is 0.466 e. The first kappa shape index (κ1) is 62.1. The van der Waals surface area contributed by atoms with Crippen molar-refractivity contribution in [1.29, 1.82) is 0 Å². The van der Waals surface area contributed by atoms with E-state index in [1.807, 2.05) is 6.08 Å². The van der Waals surface area contributed by atoms with Crippen LogP contribution in [0, 0.1) is 0 Å². The summed E-state index contributed by atoms with van der Waals surface area (Å²) in [4.78, 5) is 24.5. The zero-order valence-corrected chi connectivity index (χ0v) is 42.8. The van der Waals surface area contributed by atoms with Gasteiger partial charge in [-0.2, -0.15) is 0 Å². The second kappa shape index (κ2) is 53.7. The van der Waals surface area contributed by atoms with Gasteiger partial charge in [-0.3, -0.25) is 9.59 Å². The van der Waals surface area contributed by atoms with Gasteiger partial charge in [0.2, 0.25) is 5.91 Å². The SMILES string of the molecule is CCCCC/C=C\C/C=C\CCCCCCCCCC(=O)OCCCCCCCCCCCCCCCCCCCCC(=O)NC(CO)C(O)/C=C/CCCCCCCCCCCC. The molecule has 0 spiro atoms. The Kier molecular flexibility index (Phi) is 52.1. The molecule has 0 saturated carbocycles. The molecule has 2 atom stereocenters. The van der Waals surface area contributed by atoms with Crippen molar-refractivity contribution in [2.75, 3.05) is 13.2 Å². The fourth-order valence-electron chi connectivity index (χ4n) is 8.55. The monoisotopic (exact) mass is 900 g/mol. The van der Waals surface area contributed by atoms with Gasteiger partial charge in [-0.25, -0.2) is 0 Å². The lowest BCUT2D eigenvalue weighted by Crippen LogP contribution is -2.45. The Morgan fingerprint density at radius 3 is 1.22 bits per heavy atom. The molecule has 3 N–H and O–H groups in total. The molecule has 1 amide bonds. The number of hydrogen-bond acceptors (Lipinski definition) is 5. The summed E-state index contributed by atoms with van der Waals surface area (Å²) in [6, 6.07) is -0.630. The maximum Gasteiger partial charge on any atom is 0.305 e. The van der Waals surface area contributed by atoms with Crippen molar-refractivity contribution in [1.82, 2.24) is 5.32 Å². The van der Waals surface area contributed by atoms with E-state index in [4.69, 9.17) is 4.74 Å². The molecule has 0 bridgehead atoms. The molecule has 6 heteroatoms. The third-order valence-corrected chi connectivity index (χ3v) is 12.9. The Balaban J connectivity index is 3.42. The number of nitrogens with one attached hydrogen (secondary N) is 1. The quantitative estimate of drug-likeness (QED) is 0.0321. The molecule has 0 radical (unpaired) electrons. The van der Waals surface area contributed by atoms with E-state index in [1.54, 1.807) is 6.08 Å². The fraction of sp³-hybridized carbons (Fsp3) is 0.862. The van der Waals surface area contributed by atoms with Gasteiger partial charge >= 0.3 is 5.97 Å². The Morgan fingerprint density at radius 1 is 0.438 bits per heavy atom. The zero-order chi connectivity index (χ0) is 46.5. The molecule has 64 heavy (non-hydrogen) atoms. The topological polar surface area (TPSA) is 95.9 Å². The zero-order valence-electron chi connectivity index (χ0n) is 42.8. The standard InChI is InChI=1S/C58H109NO5/c1-3-5-7-9-11-13-15-17-18-21-25-28-32-36-40-44-48-52-58(63)64-53-49-45-41-37-33-29-26-23-20-19-22-24-27-31-35-39-43-47-51-57(62)59-55(54-60)56(61)50-46-42-38-34-30-16-14-12-10-8-6-4-2/h11,13,17-18,46,50,55-56,60-61H,3-10,12,14-16,19-45,47-49,51-54H2,1-2H3,(H,59,62)/b13-11-,18-17-,50-46+. The normalized spacial score (nSPS) is 12.9. The van der Waals surface area contributed by atoms with E-state index in [-0.39, 0.29) is 18.5 Å². The van der Waals surface area contributed by atoms with Gasteiger partial charge in [-0.15, -0.1) is 0 Å². The molecule has 0 aliphatic carbocycles. The van der Waals surface area contributed by atoms with Crippen molar-refractivity contribution < 1.29 is 24.5 Å². The van der Waals surface area contributed by atoms with Crippen molar-refractivity contribution in [3.8, 4) is 0 Å². The first-order valence-electron chi connectivity index (χ1n) is 28.3. The van der Waals surface area contributed by atoms with Crippen LogP contribution < -0.4 is 5.32 Å². The average molecular weight is 901 g/mol. The Bertz CT molecular complexity index is 1040. The molecule has 0 saturated heterocycles. The molecule has 0 aromatic rings. The molecule has 0 aliphatic heterocycles. The first-order chi connectivity index (χ1) is 31.5.